The molecule has 0 unspecified atom stereocenters. The van der Waals surface area contributed by atoms with Gasteiger partial charge in [0.1, 0.15) is 5.75 Å². The summed E-state index contributed by atoms with van der Waals surface area (Å²) in [6, 6.07) is 16.3. The molecule has 10 nitrogen and oxygen atoms in total. The van der Waals surface area contributed by atoms with E-state index in [2.05, 4.69) is 27.3 Å². The number of halogens is 1. The average molecular weight is 511 g/mol. The maximum Gasteiger partial charge on any atom is 0.325 e. The summed E-state index contributed by atoms with van der Waals surface area (Å²) in [6.07, 6.45) is 1.47. The summed E-state index contributed by atoms with van der Waals surface area (Å²) in [5, 5.41) is 5.72. The quantitative estimate of drug-likeness (QED) is 0.401. The molecule has 2 aromatic carbocycles. The zero-order chi connectivity index (χ0) is 26.5. The van der Waals surface area contributed by atoms with Gasteiger partial charge in [-0.3, -0.25) is 9.79 Å². The lowest BCUT2D eigenvalue weighted by Gasteiger charge is -2.18. The number of aliphatic imine (C=N–C) groups is 1. The van der Waals surface area contributed by atoms with E-state index < -0.39 is 18.0 Å². The van der Waals surface area contributed by atoms with E-state index in [0.717, 1.165) is 16.2 Å². The van der Waals surface area contributed by atoms with E-state index >= 15 is 0 Å². The summed E-state index contributed by atoms with van der Waals surface area (Å²) >= 11 is 5.76. The molecular weight excluding hydrogens is 484 g/mol. The van der Waals surface area contributed by atoms with Crippen LogP contribution in [-0.2, 0) is 6.54 Å². The van der Waals surface area contributed by atoms with Crippen LogP contribution < -0.4 is 21.1 Å². The van der Waals surface area contributed by atoms with Crippen LogP contribution in [0.25, 0.3) is 0 Å². The van der Waals surface area contributed by atoms with E-state index in [9.17, 15) is 14.4 Å². The van der Waals surface area contributed by atoms with Crippen LogP contribution in [0.1, 0.15) is 22.8 Å². The number of urea groups is 2. The summed E-state index contributed by atoms with van der Waals surface area (Å²) in [4.78, 5) is 43.0. The third-order valence-electron chi connectivity index (χ3n) is 4.64. The number of rotatable bonds is 7. The van der Waals surface area contributed by atoms with Crippen LogP contribution in [0.4, 0.5) is 15.3 Å². The van der Waals surface area contributed by atoms with Crippen molar-refractivity contribution in [1.82, 2.24) is 20.5 Å². The van der Waals surface area contributed by atoms with Gasteiger partial charge in [-0.1, -0.05) is 23.7 Å². The summed E-state index contributed by atoms with van der Waals surface area (Å²) < 4.78 is 5.49. The van der Waals surface area contributed by atoms with Gasteiger partial charge < -0.3 is 21.1 Å². The first kappa shape index (κ1) is 27.8. The first-order valence-electron chi connectivity index (χ1n) is 10.8. The topological polar surface area (TPSA) is 139 Å². The van der Waals surface area contributed by atoms with E-state index in [4.69, 9.17) is 22.1 Å². The number of carbonyl (C=O) groups is 3. The van der Waals surface area contributed by atoms with E-state index in [-0.39, 0.29) is 0 Å². The molecule has 0 aliphatic carbocycles. The molecule has 11 heteroatoms. The standard InChI is InChI=1S/C13H11N3O2.C12H16ClN3O2/c1-15-10-2-4-11(5-3-10)18-12-8-9(13(14)17)6-7-16-12;1-3-16(11(17)14-2)12(18)15-8-9-4-6-10(13)7-5-9/h2-8H,1H2,(H2,14,17);4-7H,3,8H2,1-2H3,(H,14,17)(H,15,18). The third-order valence-corrected chi connectivity index (χ3v) is 4.89. The summed E-state index contributed by atoms with van der Waals surface area (Å²) in [7, 11) is 1.48. The molecule has 0 bridgehead atoms. The minimum atomic E-state index is -0.520. The van der Waals surface area contributed by atoms with Crippen molar-refractivity contribution in [3.8, 4) is 11.6 Å². The zero-order valence-corrected chi connectivity index (χ0v) is 20.7. The van der Waals surface area contributed by atoms with Crippen molar-refractivity contribution in [1.29, 1.82) is 0 Å². The maximum absolute atomic E-state index is 11.7. The normalized spacial score (nSPS) is 9.75. The van der Waals surface area contributed by atoms with Crippen LogP contribution in [0.15, 0.2) is 71.9 Å². The van der Waals surface area contributed by atoms with E-state index in [0.29, 0.717) is 35.3 Å². The van der Waals surface area contributed by atoms with Crippen LogP contribution >= 0.6 is 11.6 Å². The van der Waals surface area contributed by atoms with Crippen LogP contribution in [0, 0.1) is 0 Å². The maximum atomic E-state index is 11.7. The fourth-order valence-corrected chi connectivity index (χ4v) is 2.87. The molecule has 5 amide bonds. The molecule has 0 atom stereocenters. The number of carbonyl (C=O) groups excluding carboxylic acids is 3. The van der Waals surface area contributed by atoms with Crippen LogP contribution in [0.2, 0.25) is 5.02 Å². The second-order valence-corrected chi connectivity index (χ2v) is 7.52. The molecule has 3 rings (SSSR count). The minimum absolute atomic E-state index is 0.311. The van der Waals surface area contributed by atoms with Crippen molar-refractivity contribution in [2.75, 3.05) is 13.6 Å². The Kier molecular flexibility index (Phi) is 10.9. The molecule has 1 heterocycles. The van der Waals surface area contributed by atoms with Gasteiger partial charge in [-0.15, -0.1) is 0 Å². The number of amides is 5. The Morgan fingerprint density at radius 3 is 2.31 bits per heavy atom. The number of primary amides is 1. The molecular formula is C25H27ClN6O4. The van der Waals surface area contributed by atoms with Crippen LogP contribution in [-0.4, -0.2) is 48.2 Å². The number of nitrogens with zero attached hydrogens (tertiary/aromatic N) is 3. The Bertz CT molecular complexity index is 1190. The second kappa shape index (κ2) is 14.1. The van der Waals surface area contributed by atoms with E-state index in [1.807, 2.05) is 12.1 Å². The van der Waals surface area contributed by atoms with Gasteiger partial charge in [-0.2, -0.15) is 0 Å². The predicted molar refractivity (Wildman–Crippen MR) is 139 cm³/mol. The van der Waals surface area contributed by atoms with Gasteiger partial charge >= 0.3 is 12.1 Å². The number of nitrogens with one attached hydrogen (secondary N) is 2. The van der Waals surface area contributed by atoms with Crippen molar-refractivity contribution in [3.63, 3.8) is 0 Å². The Morgan fingerprint density at radius 2 is 1.75 bits per heavy atom. The van der Waals surface area contributed by atoms with Crippen molar-refractivity contribution < 1.29 is 19.1 Å². The zero-order valence-electron chi connectivity index (χ0n) is 19.9. The number of hydrogen-bond donors (Lipinski definition) is 3. The third kappa shape index (κ3) is 8.73. The number of aromatic nitrogens is 1. The highest BCUT2D eigenvalue weighted by Gasteiger charge is 2.17. The van der Waals surface area contributed by atoms with Crippen molar-refractivity contribution >= 4 is 42.0 Å². The molecule has 0 radical (unpaired) electrons. The molecule has 36 heavy (non-hydrogen) atoms. The molecule has 0 saturated carbocycles. The lowest BCUT2D eigenvalue weighted by atomic mass is 10.2. The van der Waals surface area contributed by atoms with Crippen molar-refractivity contribution in [3.05, 3.63) is 83.0 Å². The Balaban J connectivity index is 0.000000254. The average Bonchev–Trinajstić information content (AvgIpc) is 2.89. The number of nitrogens with two attached hydrogens (primary N) is 1. The van der Waals surface area contributed by atoms with Gasteiger partial charge in [0.15, 0.2) is 0 Å². The molecule has 188 valence electrons. The summed E-state index contributed by atoms with van der Waals surface area (Å²) in [5.74, 6) is 0.385. The Labute approximate surface area is 214 Å². The molecule has 0 aliphatic rings. The minimum Gasteiger partial charge on any atom is -0.439 e. The SMILES string of the molecule is C=Nc1ccc(Oc2cc(C(N)=O)ccn2)cc1.CCN(C(=O)NC)C(=O)NCc1ccc(Cl)cc1. The first-order valence-corrected chi connectivity index (χ1v) is 11.2. The molecule has 1 aromatic heterocycles. The van der Waals surface area contributed by atoms with Crippen LogP contribution in [0.3, 0.4) is 0 Å². The molecule has 0 saturated heterocycles. The highest BCUT2D eigenvalue weighted by molar-refractivity contribution is 6.30. The lowest BCUT2D eigenvalue weighted by Crippen LogP contribution is -2.47. The highest BCUT2D eigenvalue weighted by Crippen LogP contribution is 2.22. The van der Waals surface area contributed by atoms with Crippen molar-refractivity contribution in [2.45, 2.75) is 13.5 Å². The molecule has 4 N–H and O–H groups in total. The summed E-state index contributed by atoms with van der Waals surface area (Å²) in [6.45, 7) is 5.82. The van der Waals surface area contributed by atoms with Gasteiger partial charge in [0.05, 0.1) is 5.69 Å². The highest BCUT2D eigenvalue weighted by atomic mass is 35.5. The Hall–Kier alpha value is -4.44. The Morgan fingerprint density at radius 1 is 1.08 bits per heavy atom. The van der Waals surface area contributed by atoms with Gasteiger partial charge in [-0.05, 0) is 61.7 Å². The van der Waals surface area contributed by atoms with Gasteiger partial charge in [0, 0.05) is 43.0 Å². The number of pyridine rings is 1. The van der Waals surface area contributed by atoms with Crippen molar-refractivity contribution in [2.24, 2.45) is 10.7 Å². The number of imide groups is 1. The number of hydrogen-bond acceptors (Lipinski definition) is 6. The van der Waals surface area contributed by atoms with Gasteiger partial charge in [0.25, 0.3) is 0 Å². The lowest BCUT2D eigenvalue weighted by molar-refractivity contribution is 0.0999. The summed E-state index contributed by atoms with van der Waals surface area (Å²) in [5.41, 5.74) is 7.19. The molecule has 0 spiro atoms. The van der Waals surface area contributed by atoms with Crippen LogP contribution in [0.5, 0.6) is 11.6 Å². The molecule has 0 aliphatic heterocycles. The fraction of sp³-hybridized carbons (Fsp3) is 0.160. The van der Waals surface area contributed by atoms with Gasteiger partial charge in [0.2, 0.25) is 11.8 Å². The largest absolute Gasteiger partial charge is 0.439 e. The second-order valence-electron chi connectivity index (χ2n) is 7.09. The first-order chi connectivity index (χ1) is 17.3. The fourth-order valence-electron chi connectivity index (χ4n) is 2.75. The molecule has 3 aromatic rings. The smallest absolute Gasteiger partial charge is 0.325 e. The molecule has 0 fully saturated rings. The van der Waals surface area contributed by atoms with E-state index in [1.54, 1.807) is 43.3 Å². The van der Waals surface area contributed by atoms with Gasteiger partial charge in [-0.25, -0.2) is 19.5 Å². The monoisotopic (exact) mass is 510 g/mol. The number of ether oxygens (including phenoxy) is 1. The van der Waals surface area contributed by atoms with E-state index in [1.165, 1.54) is 25.4 Å². The predicted octanol–water partition coefficient (Wildman–Crippen LogP) is 4.52. The number of benzene rings is 2.